The van der Waals surface area contributed by atoms with E-state index in [1.807, 2.05) is 0 Å². The number of nitrogens with zero attached hydrogens (tertiary/aromatic N) is 3. The van der Waals surface area contributed by atoms with Crippen LogP contribution in [0.25, 0.3) is 11.0 Å². The van der Waals surface area contributed by atoms with Gasteiger partial charge in [-0.25, -0.2) is 23.2 Å². The fourth-order valence-corrected chi connectivity index (χ4v) is 7.63. The lowest BCUT2D eigenvalue weighted by atomic mass is 9.85. The first-order chi connectivity index (χ1) is 24.3. The minimum atomic E-state index is -4.72. The number of carbonyl (C=O) groups is 4. The molecule has 5 atom stereocenters. The average molecular weight is 767 g/mol. The molecule has 0 aromatic carbocycles. The van der Waals surface area contributed by atoms with Crippen LogP contribution in [0.3, 0.4) is 0 Å². The molecule has 3 N–H and O–H groups in total. The molecular weight excluding hydrogens is 721 g/mol. The lowest BCUT2D eigenvalue weighted by Gasteiger charge is -2.36. The first-order valence-electron chi connectivity index (χ1n) is 17.2. The molecule has 2 saturated carbocycles. The Hall–Kier alpha value is -4.48. The number of sulfonamides is 1. The molecule has 0 spiro atoms. The number of amides is 4. The maximum Gasteiger partial charge on any atom is 0.433 e. The third-order valence-electron chi connectivity index (χ3n) is 9.22. The van der Waals surface area contributed by atoms with Crippen molar-refractivity contribution < 1.29 is 50.2 Å². The molecular formula is C35H45F3N6O8S. The Labute approximate surface area is 305 Å². The molecule has 2 aromatic heterocycles. The maximum atomic E-state index is 14.4. The molecule has 2 aliphatic carbocycles. The van der Waals surface area contributed by atoms with Crippen molar-refractivity contribution in [1.29, 1.82) is 0 Å². The summed E-state index contributed by atoms with van der Waals surface area (Å²) in [7, 11) is -3.96. The van der Waals surface area contributed by atoms with E-state index in [0.29, 0.717) is 18.5 Å². The van der Waals surface area contributed by atoms with E-state index in [0.717, 1.165) is 6.07 Å². The number of aryl methyl sites for hydroxylation is 1. The molecule has 3 fully saturated rings. The second kappa shape index (κ2) is 13.7. The number of alkyl halides is 3. The molecule has 53 heavy (non-hydrogen) atoms. The van der Waals surface area contributed by atoms with E-state index in [1.54, 1.807) is 48.5 Å². The molecule has 0 radical (unpaired) electrons. The van der Waals surface area contributed by atoms with Crippen LogP contribution in [0.5, 0.6) is 5.75 Å². The van der Waals surface area contributed by atoms with Crippen molar-refractivity contribution in [3.8, 4) is 5.75 Å². The molecule has 0 unspecified atom stereocenters. The standard InChI is InChI=1S/C35H45F3N6O8S/c1-9-19-16-34(19,30(47)43-53(49,50)21-10-11-21)42-28(45)23-15-20(17-44(23)29(46)26(32(3,4)5)41-31(48)52-33(6,7)8)51-24-14-18(2)39-27-22(24)12-13-25(40-27)35(36,37)38/h9,12-14,19-21,23,26H,1,10-11,15-17H2,2-8H3,(H,41,48)(H,42,45)(H,43,47)/t19-,20+,23-,26+,34-/m0/s1. The maximum absolute atomic E-state index is 14.4. The van der Waals surface area contributed by atoms with Gasteiger partial charge in [0.25, 0.3) is 5.91 Å². The van der Waals surface area contributed by atoms with Gasteiger partial charge in [-0.15, -0.1) is 6.58 Å². The van der Waals surface area contributed by atoms with Crippen molar-refractivity contribution >= 4 is 44.9 Å². The highest BCUT2D eigenvalue weighted by atomic mass is 32.2. The number of fused-ring (bicyclic) bond motifs is 1. The van der Waals surface area contributed by atoms with Crippen LogP contribution in [-0.4, -0.2) is 88.2 Å². The van der Waals surface area contributed by atoms with Crippen molar-refractivity contribution in [2.24, 2.45) is 11.3 Å². The summed E-state index contributed by atoms with van der Waals surface area (Å²) in [6.07, 6.45) is -4.34. The van der Waals surface area contributed by atoms with Crippen LogP contribution in [-0.2, 0) is 35.3 Å². The molecule has 18 heteroatoms. The summed E-state index contributed by atoms with van der Waals surface area (Å²) in [4.78, 5) is 64.0. The zero-order valence-electron chi connectivity index (χ0n) is 30.6. The van der Waals surface area contributed by atoms with Gasteiger partial charge in [-0.1, -0.05) is 26.8 Å². The smallest absolute Gasteiger partial charge is 0.433 e. The Balaban J connectivity index is 1.47. The Morgan fingerprint density at radius 3 is 2.28 bits per heavy atom. The number of nitrogens with one attached hydrogen (secondary N) is 3. The van der Waals surface area contributed by atoms with Gasteiger partial charge in [0.15, 0.2) is 5.65 Å². The van der Waals surface area contributed by atoms with Crippen LogP contribution in [0, 0.1) is 18.3 Å². The fourth-order valence-electron chi connectivity index (χ4n) is 6.26. The van der Waals surface area contributed by atoms with Crippen LogP contribution >= 0.6 is 0 Å². The van der Waals surface area contributed by atoms with Gasteiger partial charge in [-0.05, 0) is 64.5 Å². The average Bonchev–Trinajstić information content (AvgIpc) is 3.94. The summed E-state index contributed by atoms with van der Waals surface area (Å²) < 4.78 is 79.4. The quantitative estimate of drug-likeness (QED) is 0.300. The molecule has 5 rings (SSSR count). The zero-order valence-corrected chi connectivity index (χ0v) is 31.4. The van der Waals surface area contributed by atoms with Gasteiger partial charge in [0.1, 0.15) is 40.8 Å². The Kier molecular flexibility index (Phi) is 10.3. The Morgan fingerprint density at radius 1 is 1.08 bits per heavy atom. The third kappa shape index (κ3) is 8.84. The Morgan fingerprint density at radius 2 is 1.74 bits per heavy atom. The molecule has 1 saturated heterocycles. The van der Waals surface area contributed by atoms with Crippen LogP contribution < -0.4 is 20.1 Å². The first kappa shape index (κ1) is 39.7. The number of pyridine rings is 2. The molecule has 290 valence electrons. The summed E-state index contributed by atoms with van der Waals surface area (Å²) in [6.45, 7) is 15.1. The highest BCUT2D eigenvalue weighted by molar-refractivity contribution is 7.91. The van der Waals surface area contributed by atoms with Gasteiger partial charge in [0.2, 0.25) is 21.8 Å². The number of aromatic nitrogens is 2. The molecule has 2 aromatic rings. The molecule has 3 aliphatic rings. The number of halogens is 3. The van der Waals surface area contributed by atoms with Crippen molar-refractivity contribution in [2.75, 3.05) is 6.54 Å². The van der Waals surface area contributed by atoms with E-state index in [9.17, 15) is 40.8 Å². The number of hydrogen-bond donors (Lipinski definition) is 3. The van der Waals surface area contributed by atoms with Crippen molar-refractivity contribution in [1.82, 2.24) is 30.2 Å². The number of ether oxygens (including phenoxy) is 2. The number of rotatable bonds is 10. The fraction of sp³-hybridized carbons (Fsp3) is 0.600. The zero-order chi connectivity index (χ0) is 39.5. The minimum Gasteiger partial charge on any atom is -0.488 e. The molecule has 3 heterocycles. The largest absolute Gasteiger partial charge is 0.488 e. The summed E-state index contributed by atoms with van der Waals surface area (Å²) >= 11 is 0. The van der Waals surface area contributed by atoms with E-state index in [1.165, 1.54) is 23.1 Å². The van der Waals surface area contributed by atoms with E-state index in [-0.39, 0.29) is 36.2 Å². The minimum absolute atomic E-state index is 0.0644. The lowest BCUT2D eigenvalue weighted by molar-refractivity contribution is -0.143. The number of carbonyl (C=O) groups excluding carboxylic acids is 4. The van der Waals surface area contributed by atoms with Gasteiger partial charge in [-0.2, -0.15) is 13.2 Å². The van der Waals surface area contributed by atoms with E-state index >= 15 is 0 Å². The summed E-state index contributed by atoms with van der Waals surface area (Å²) in [5.41, 5.74) is -4.51. The number of alkyl carbamates (subject to hydrolysis) is 1. The summed E-state index contributed by atoms with van der Waals surface area (Å²) in [5.74, 6) is -2.87. The molecule has 1 aliphatic heterocycles. The van der Waals surface area contributed by atoms with Gasteiger partial charge in [0, 0.05) is 24.1 Å². The second-order valence-corrected chi connectivity index (χ2v) is 17.9. The normalized spacial score (nSPS) is 23.9. The predicted octanol–water partition coefficient (Wildman–Crippen LogP) is 3.91. The topological polar surface area (TPSA) is 186 Å². The summed E-state index contributed by atoms with van der Waals surface area (Å²) in [5, 5.41) is 4.78. The predicted molar refractivity (Wildman–Crippen MR) is 186 cm³/mol. The van der Waals surface area contributed by atoms with E-state index < -0.39 is 91.6 Å². The number of likely N-dealkylation sites (tertiary alicyclic amines) is 1. The van der Waals surface area contributed by atoms with Crippen molar-refractivity contribution in [3.05, 3.63) is 42.2 Å². The van der Waals surface area contributed by atoms with Crippen LogP contribution in [0.4, 0.5) is 18.0 Å². The third-order valence-corrected chi connectivity index (χ3v) is 11.0. The molecule has 0 bridgehead atoms. The molecule has 4 amide bonds. The first-order valence-corrected chi connectivity index (χ1v) is 18.7. The molecule has 14 nitrogen and oxygen atoms in total. The summed E-state index contributed by atoms with van der Waals surface area (Å²) in [6, 6.07) is 0.955. The van der Waals surface area contributed by atoms with E-state index in [4.69, 9.17) is 9.47 Å². The van der Waals surface area contributed by atoms with Crippen LogP contribution in [0.2, 0.25) is 0 Å². The van der Waals surface area contributed by atoms with Crippen molar-refractivity contribution in [2.45, 2.75) is 115 Å². The van der Waals surface area contributed by atoms with Gasteiger partial charge >= 0.3 is 12.3 Å². The van der Waals surface area contributed by atoms with Gasteiger partial charge < -0.3 is 25.0 Å². The van der Waals surface area contributed by atoms with Gasteiger partial charge in [0.05, 0.1) is 17.2 Å². The van der Waals surface area contributed by atoms with Crippen LogP contribution in [0.1, 0.15) is 78.6 Å². The number of hydrogen-bond acceptors (Lipinski definition) is 10. The lowest BCUT2D eigenvalue weighted by Crippen LogP contribution is -2.60. The SMILES string of the molecule is C=C[C@H]1C[C@@]1(NC(=O)[C@@H]1C[C@@H](Oc2cc(C)nc3nc(C(F)(F)F)ccc23)CN1C(=O)[C@@H](NC(=O)OC(C)(C)C)C(C)(C)C)C(=O)NS(=O)(=O)C1CC1. The monoisotopic (exact) mass is 766 g/mol. The van der Waals surface area contributed by atoms with E-state index in [2.05, 4.69) is 31.9 Å². The second-order valence-electron chi connectivity index (χ2n) is 15.9. The van der Waals surface area contributed by atoms with Crippen LogP contribution in [0.15, 0.2) is 30.9 Å². The van der Waals surface area contributed by atoms with Gasteiger partial charge in [-0.3, -0.25) is 19.1 Å². The van der Waals surface area contributed by atoms with Crippen molar-refractivity contribution in [3.63, 3.8) is 0 Å². The highest BCUT2D eigenvalue weighted by Crippen LogP contribution is 2.45. The highest BCUT2D eigenvalue weighted by Gasteiger charge is 2.62. The Bertz CT molecular complexity index is 1940.